The first-order valence-corrected chi connectivity index (χ1v) is 4.57. The molecule has 0 N–H and O–H groups in total. The van der Waals surface area contributed by atoms with E-state index in [0.29, 0.717) is 11.4 Å². The third kappa shape index (κ3) is 2.40. The van der Waals surface area contributed by atoms with Crippen molar-refractivity contribution in [1.82, 2.24) is 4.98 Å². The Hall–Kier alpha value is -2.16. The molecule has 3 heteroatoms. The molecule has 0 fully saturated rings. The number of aliphatic imine (C=N–C) groups is 1. The molecule has 74 valence electrons. The molecule has 1 aromatic carbocycles. The minimum atomic E-state index is -0.0304. The molecule has 0 radical (unpaired) electrons. The van der Waals surface area contributed by atoms with Gasteiger partial charge in [0.15, 0.2) is 5.82 Å². The van der Waals surface area contributed by atoms with Crippen molar-refractivity contribution >= 4 is 12.0 Å². The van der Waals surface area contributed by atoms with Crippen LogP contribution >= 0.6 is 0 Å². The Kier molecular flexibility index (Phi) is 2.74. The first-order chi connectivity index (χ1) is 7.36. The molecule has 0 amide bonds. The van der Waals surface area contributed by atoms with Crippen LogP contribution < -0.4 is 5.11 Å². The maximum absolute atomic E-state index is 11.3. The highest BCUT2D eigenvalue weighted by atomic mass is 16.3. The van der Waals surface area contributed by atoms with Crippen molar-refractivity contribution in [3.05, 3.63) is 54.2 Å². The number of hydrogen-bond acceptors (Lipinski definition) is 3. The molecular formula is C12H9N2O-. The van der Waals surface area contributed by atoms with Crippen molar-refractivity contribution in [3.63, 3.8) is 0 Å². The number of para-hydroxylation sites is 1. The van der Waals surface area contributed by atoms with Crippen LogP contribution in [0.1, 0.15) is 5.56 Å². The summed E-state index contributed by atoms with van der Waals surface area (Å²) in [5.41, 5.74) is 0.572. The molecule has 0 aliphatic rings. The van der Waals surface area contributed by atoms with Gasteiger partial charge in [0.25, 0.3) is 0 Å². The second-order valence-corrected chi connectivity index (χ2v) is 2.98. The normalized spacial score (nSPS) is 10.7. The molecule has 1 heterocycles. The zero-order chi connectivity index (χ0) is 10.5. The third-order valence-electron chi connectivity index (χ3n) is 1.90. The van der Waals surface area contributed by atoms with Gasteiger partial charge in [-0.2, -0.15) is 0 Å². The van der Waals surface area contributed by atoms with Crippen LogP contribution in [0.3, 0.4) is 0 Å². The fourth-order valence-corrected chi connectivity index (χ4v) is 1.15. The fraction of sp³-hybridized carbons (Fsp3) is 0. The highest BCUT2D eigenvalue weighted by Gasteiger charge is 1.88. The van der Waals surface area contributed by atoms with Crippen molar-refractivity contribution < 1.29 is 5.11 Å². The van der Waals surface area contributed by atoms with E-state index in [0.717, 1.165) is 0 Å². The molecule has 0 atom stereocenters. The Morgan fingerprint density at radius 3 is 2.60 bits per heavy atom. The van der Waals surface area contributed by atoms with E-state index in [1.807, 2.05) is 12.1 Å². The predicted molar refractivity (Wildman–Crippen MR) is 57.4 cm³/mol. The molecule has 0 unspecified atom stereocenters. The molecule has 3 nitrogen and oxygen atoms in total. The number of benzene rings is 1. The lowest BCUT2D eigenvalue weighted by Crippen LogP contribution is -1.94. The average Bonchev–Trinajstić information content (AvgIpc) is 2.29. The molecule has 0 spiro atoms. The zero-order valence-electron chi connectivity index (χ0n) is 8.00. The standard InChI is InChI=1S/C12H10N2O/c15-11-6-2-1-5-10(11)9-14-12-7-3-4-8-13-12/h1-9,15H/p-1. The minimum absolute atomic E-state index is 0.0304. The van der Waals surface area contributed by atoms with E-state index in [9.17, 15) is 5.11 Å². The predicted octanol–water partition coefficient (Wildman–Crippen LogP) is 1.91. The van der Waals surface area contributed by atoms with E-state index in [1.165, 1.54) is 12.3 Å². The molecular weight excluding hydrogens is 188 g/mol. The minimum Gasteiger partial charge on any atom is -0.872 e. The van der Waals surface area contributed by atoms with Gasteiger partial charge in [-0.05, 0) is 17.7 Å². The summed E-state index contributed by atoms with van der Waals surface area (Å²) in [6, 6.07) is 12.2. The van der Waals surface area contributed by atoms with E-state index >= 15 is 0 Å². The molecule has 0 aliphatic heterocycles. The molecule has 0 aliphatic carbocycles. The van der Waals surface area contributed by atoms with E-state index in [4.69, 9.17) is 0 Å². The summed E-state index contributed by atoms with van der Waals surface area (Å²) in [5.74, 6) is 0.568. The second-order valence-electron chi connectivity index (χ2n) is 2.98. The quantitative estimate of drug-likeness (QED) is 0.690. The Labute approximate surface area is 87.8 Å². The van der Waals surface area contributed by atoms with Crippen LogP contribution in [-0.2, 0) is 0 Å². The van der Waals surface area contributed by atoms with Crippen LogP contribution in [-0.4, -0.2) is 11.2 Å². The van der Waals surface area contributed by atoms with Crippen LogP contribution in [0.2, 0.25) is 0 Å². The second kappa shape index (κ2) is 4.37. The molecule has 2 aromatic rings. The van der Waals surface area contributed by atoms with Crippen molar-refractivity contribution in [2.75, 3.05) is 0 Å². The summed E-state index contributed by atoms with van der Waals surface area (Å²) >= 11 is 0. The van der Waals surface area contributed by atoms with Gasteiger partial charge in [-0.25, -0.2) is 9.98 Å². The first-order valence-electron chi connectivity index (χ1n) is 4.57. The Morgan fingerprint density at radius 2 is 1.87 bits per heavy atom. The maximum Gasteiger partial charge on any atom is 0.151 e. The molecule has 0 saturated heterocycles. The first kappa shape index (κ1) is 9.40. The van der Waals surface area contributed by atoms with Gasteiger partial charge in [-0.15, -0.1) is 5.75 Å². The van der Waals surface area contributed by atoms with Gasteiger partial charge in [-0.1, -0.05) is 30.3 Å². The number of nitrogens with zero attached hydrogens (tertiary/aromatic N) is 2. The van der Waals surface area contributed by atoms with E-state index in [1.54, 1.807) is 30.5 Å². The maximum atomic E-state index is 11.3. The van der Waals surface area contributed by atoms with Crippen LogP contribution in [0.4, 0.5) is 5.82 Å². The van der Waals surface area contributed by atoms with Gasteiger partial charge in [0.1, 0.15) is 0 Å². The molecule has 0 saturated carbocycles. The summed E-state index contributed by atoms with van der Waals surface area (Å²) < 4.78 is 0. The molecule has 2 rings (SSSR count). The molecule has 15 heavy (non-hydrogen) atoms. The van der Waals surface area contributed by atoms with Gasteiger partial charge < -0.3 is 5.11 Å². The van der Waals surface area contributed by atoms with Crippen LogP contribution in [0.15, 0.2) is 53.7 Å². The number of pyridine rings is 1. The lowest BCUT2D eigenvalue weighted by atomic mass is 10.2. The van der Waals surface area contributed by atoms with Crippen LogP contribution in [0.5, 0.6) is 5.75 Å². The van der Waals surface area contributed by atoms with Gasteiger partial charge in [0, 0.05) is 12.4 Å². The Morgan fingerprint density at radius 1 is 1.07 bits per heavy atom. The SMILES string of the molecule is [O-]c1ccccc1C=Nc1ccccn1. The van der Waals surface area contributed by atoms with Gasteiger partial charge in [0.05, 0.1) is 0 Å². The molecule has 0 bridgehead atoms. The summed E-state index contributed by atoms with van der Waals surface area (Å²) in [4.78, 5) is 8.12. The zero-order valence-corrected chi connectivity index (χ0v) is 8.00. The van der Waals surface area contributed by atoms with E-state index < -0.39 is 0 Å². The summed E-state index contributed by atoms with van der Waals surface area (Å²) in [7, 11) is 0. The van der Waals surface area contributed by atoms with E-state index in [2.05, 4.69) is 9.98 Å². The summed E-state index contributed by atoms with van der Waals surface area (Å²) in [6.07, 6.45) is 3.19. The lowest BCUT2D eigenvalue weighted by molar-refractivity contribution is -0.268. The number of hydrogen-bond donors (Lipinski definition) is 0. The highest BCUT2D eigenvalue weighted by molar-refractivity contribution is 5.84. The van der Waals surface area contributed by atoms with Crippen molar-refractivity contribution in [2.24, 2.45) is 4.99 Å². The third-order valence-corrected chi connectivity index (χ3v) is 1.90. The topological polar surface area (TPSA) is 48.3 Å². The highest BCUT2D eigenvalue weighted by Crippen LogP contribution is 2.11. The smallest absolute Gasteiger partial charge is 0.151 e. The molecule has 1 aromatic heterocycles. The largest absolute Gasteiger partial charge is 0.872 e. The Bertz CT molecular complexity index is 466. The van der Waals surface area contributed by atoms with E-state index in [-0.39, 0.29) is 5.75 Å². The summed E-state index contributed by atoms with van der Waals surface area (Å²) in [5, 5.41) is 11.3. The van der Waals surface area contributed by atoms with Crippen LogP contribution in [0, 0.1) is 0 Å². The number of aromatic nitrogens is 1. The van der Waals surface area contributed by atoms with Crippen molar-refractivity contribution in [3.8, 4) is 5.75 Å². The monoisotopic (exact) mass is 197 g/mol. The Balaban J connectivity index is 2.23. The number of rotatable bonds is 2. The van der Waals surface area contributed by atoms with Gasteiger partial charge >= 0.3 is 0 Å². The average molecular weight is 197 g/mol. The van der Waals surface area contributed by atoms with Crippen molar-refractivity contribution in [2.45, 2.75) is 0 Å². The van der Waals surface area contributed by atoms with Crippen molar-refractivity contribution in [1.29, 1.82) is 0 Å². The lowest BCUT2D eigenvalue weighted by Gasteiger charge is -2.07. The van der Waals surface area contributed by atoms with Gasteiger partial charge in [-0.3, -0.25) is 0 Å². The van der Waals surface area contributed by atoms with Crippen LogP contribution in [0.25, 0.3) is 0 Å². The fourth-order valence-electron chi connectivity index (χ4n) is 1.15. The summed E-state index contributed by atoms with van der Waals surface area (Å²) in [6.45, 7) is 0. The van der Waals surface area contributed by atoms with Gasteiger partial charge in [0.2, 0.25) is 0 Å².